The minimum Gasteiger partial charge on any atom is -0.294 e. The Bertz CT molecular complexity index is 953. The molecule has 0 aromatic rings. The number of nitrogens with zero attached hydrogens (tertiary/aromatic N) is 1. The lowest BCUT2D eigenvalue weighted by molar-refractivity contribution is -0.115. The number of carbonyl (C=O) groups excluding carboxylic acids is 1. The van der Waals surface area contributed by atoms with Gasteiger partial charge in [0.1, 0.15) is 0 Å². The van der Waals surface area contributed by atoms with E-state index in [-0.39, 0.29) is 5.78 Å². The van der Waals surface area contributed by atoms with E-state index in [1.165, 1.54) is 0 Å². The van der Waals surface area contributed by atoms with Gasteiger partial charge in [0.25, 0.3) is 0 Å². The molecule has 0 amide bonds. The second-order valence-electron chi connectivity index (χ2n) is 8.74. The van der Waals surface area contributed by atoms with E-state index in [4.69, 9.17) is 0 Å². The summed E-state index contributed by atoms with van der Waals surface area (Å²) >= 11 is 0. The van der Waals surface area contributed by atoms with Crippen LogP contribution in [0.1, 0.15) is 74.1 Å². The van der Waals surface area contributed by atoms with Crippen molar-refractivity contribution in [2.75, 3.05) is 6.54 Å². The maximum absolute atomic E-state index is 12.6. The molecule has 0 bridgehead atoms. The summed E-state index contributed by atoms with van der Waals surface area (Å²) in [6.07, 6.45) is 21.3. The predicted octanol–water partition coefficient (Wildman–Crippen LogP) is 9.43. The lowest BCUT2D eigenvalue weighted by Gasteiger charge is -2.19. The zero-order valence-corrected chi connectivity index (χ0v) is 23.3. The van der Waals surface area contributed by atoms with Crippen LogP contribution in [0, 0.1) is 5.92 Å². The average Bonchev–Trinajstić information content (AvgIpc) is 2.85. The molecule has 190 valence electrons. The summed E-state index contributed by atoms with van der Waals surface area (Å²) in [5.74, 6) is 0.479. The van der Waals surface area contributed by atoms with Gasteiger partial charge in [-0.2, -0.15) is 0 Å². The van der Waals surface area contributed by atoms with Gasteiger partial charge in [-0.3, -0.25) is 9.79 Å². The number of aliphatic imine (C=N–C) groups is 1. The fourth-order valence-corrected chi connectivity index (χ4v) is 3.79. The minimum atomic E-state index is 0.139. The van der Waals surface area contributed by atoms with E-state index < -0.39 is 0 Å². The Morgan fingerprint density at radius 3 is 2.20 bits per heavy atom. The third-order valence-corrected chi connectivity index (χ3v) is 5.97. The van der Waals surface area contributed by atoms with Crippen LogP contribution in [-0.4, -0.2) is 18.5 Å². The molecule has 0 aliphatic rings. The normalized spacial score (nSPS) is 14.4. The van der Waals surface area contributed by atoms with Gasteiger partial charge in [-0.15, -0.1) is 0 Å². The average molecular weight is 474 g/mol. The van der Waals surface area contributed by atoms with Crippen LogP contribution in [0.3, 0.4) is 0 Å². The molecule has 1 unspecified atom stereocenters. The van der Waals surface area contributed by atoms with Crippen molar-refractivity contribution in [1.29, 1.82) is 0 Å². The molecule has 0 aromatic carbocycles. The van der Waals surface area contributed by atoms with E-state index in [9.17, 15) is 4.79 Å². The zero-order valence-electron chi connectivity index (χ0n) is 23.3. The topological polar surface area (TPSA) is 29.4 Å². The van der Waals surface area contributed by atoms with E-state index in [2.05, 4.69) is 77.6 Å². The highest BCUT2D eigenvalue weighted by Crippen LogP contribution is 2.27. The maximum Gasteiger partial charge on any atom is 0.162 e. The summed E-state index contributed by atoms with van der Waals surface area (Å²) in [6, 6.07) is 0. The molecule has 0 spiro atoms. The minimum absolute atomic E-state index is 0.139. The summed E-state index contributed by atoms with van der Waals surface area (Å²) in [6.45, 7) is 27.0. The van der Waals surface area contributed by atoms with Crippen LogP contribution in [-0.2, 0) is 4.79 Å². The number of Topliss-reactive ketones (excluding diaryl/α,β-unsaturated/α-hetero) is 1. The maximum atomic E-state index is 12.6. The van der Waals surface area contributed by atoms with Crippen molar-refractivity contribution in [3.05, 3.63) is 107 Å². The van der Waals surface area contributed by atoms with E-state index >= 15 is 0 Å². The van der Waals surface area contributed by atoms with Gasteiger partial charge in [0.05, 0.1) is 6.54 Å². The molecule has 0 radical (unpaired) electrons. The quantitative estimate of drug-likeness (QED) is 0.125. The second-order valence-corrected chi connectivity index (χ2v) is 8.74. The highest BCUT2D eigenvalue weighted by Gasteiger charge is 2.17. The fourth-order valence-electron chi connectivity index (χ4n) is 3.79. The highest BCUT2D eigenvalue weighted by atomic mass is 16.1. The Kier molecular flexibility index (Phi) is 16.8. The molecule has 0 aromatic heterocycles. The summed E-state index contributed by atoms with van der Waals surface area (Å²) in [7, 11) is 0. The molecule has 0 saturated carbocycles. The molecule has 2 heteroatoms. The lowest BCUT2D eigenvalue weighted by Crippen LogP contribution is -2.11. The molecule has 0 aliphatic carbocycles. The lowest BCUT2D eigenvalue weighted by atomic mass is 9.85. The molecule has 0 aliphatic heterocycles. The van der Waals surface area contributed by atoms with Gasteiger partial charge in [-0.25, -0.2) is 0 Å². The van der Waals surface area contributed by atoms with Gasteiger partial charge < -0.3 is 0 Å². The van der Waals surface area contributed by atoms with Crippen molar-refractivity contribution in [3.8, 4) is 0 Å². The van der Waals surface area contributed by atoms with Crippen LogP contribution in [0.15, 0.2) is 112 Å². The summed E-state index contributed by atoms with van der Waals surface area (Å²) in [5.41, 5.74) is 7.17. The first-order valence-corrected chi connectivity index (χ1v) is 12.8. The molecular formula is C33H47NO. The summed E-state index contributed by atoms with van der Waals surface area (Å²) in [4.78, 5) is 17.3. The first-order valence-electron chi connectivity index (χ1n) is 12.8. The van der Waals surface area contributed by atoms with Gasteiger partial charge in [0.2, 0.25) is 0 Å². The standard InChI is InChI=1S/C33H47NO/c1-11-17-19-28(13-3)26(9)20-21-30(15-5)32(25(7)8)24-34-23-22-31(33(35)16-6)27(10)29(14-4)18-12-2/h11,13,15,17,19-22,24,29H,1,5,10,12,14,16,18,23H2,2-4,6-9H3/b19-17-,26-20+,28-13+,30-21+,31-22+,34-24?. The molecule has 35 heavy (non-hydrogen) atoms. The van der Waals surface area contributed by atoms with Crippen molar-refractivity contribution in [2.24, 2.45) is 10.9 Å². The first-order chi connectivity index (χ1) is 16.7. The Morgan fingerprint density at radius 2 is 1.71 bits per heavy atom. The smallest absolute Gasteiger partial charge is 0.162 e. The van der Waals surface area contributed by atoms with E-state index in [1.807, 2.05) is 44.4 Å². The van der Waals surface area contributed by atoms with Gasteiger partial charge in [0, 0.05) is 18.2 Å². The molecule has 0 heterocycles. The number of ketones is 1. The number of hydrogen-bond donors (Lipinski definition) is 0. The molecule has 0 rings (SSSR count). The Hall–Kier alpha value is -3.00. The summed E-state index contributed by atoms with van der Waals surface area (Å²) in [5, 5.41) is 0. The monoisotopic (exact) mass is 473 g/mol. The Balaban J connectivity index is 5.94. The Morgan fingerprint density at radius 1 is 1.03 bits per heavy atom. The van der Waals surface area contributed by atoms with E-state index in [0.29, 0.717) is 18.9 Å². The molecule has 0 fully saturated rings. The molecule has 0 N–H and O–H groups in total. The highest BCUT2D eigenvalue weighted by molar-refractivity contribution is 5.99. The van der Waals surface area contributed by atoms with Crippen LogP contribution < -0.4 is 0 Å². The van der Waals surface area contributed by atoms with Crippen LogP contribution in [0.25, 0.3) is 0 Å². The number of carbonyl (C=O) groups is 1. The van der Waals surface area contributed by atoms with Gasteiger partial charge >= 0.3 is 0 Å². The number of allylic oxidation sites excluding steroid dienone is 14. The number of rotatable bonds is 16. The largest absolute Gasteiger partial charge is 0.294 e. The van der Waals surface area contributed by atoms with Gasteiger partial charge in [0.15, 0.2) is 5.78 Å². The Labute approximate surface area is 215 Å². The molecule has 0 saturated heterocycles. The molecular weight excluding hydrogens is 426 g/mol. The van der Waals surface area contributed by atoms with Crippen molar-refractivity contribution in [1.82, 2.24) is 0 Å². The predicted molar refractivity (Wildman–Crippen MR) is 158 cm³/mol. The van der Waals surface area contributed by atoms with E-state index in [0.717, 1.165) is 58.3 Å². The van der Waals surface area contributed by atoms with Gasteiger partial charge in [-0.1, -0.05) is 101 Å². The first kappa shape index (κ1) is 32.0. The van der Waals surface area contributed by atoms with Crippen molar-refractivity contribution < 1.29 is 4.79 Å². The zero-order chi connectivity index (χ0) is 26.8. The van der Waals surface area contributed by atoms with Crippen LogP contribution in [0.4, 0.5) is 0 Å². The van der Waals surface area contributed by atoms with Gasteiger partial charge in [-0.05, 0) is 74.3 Å². The SMILES string of the molecule is C=C\C=C/C(=C\C)C(/C)=C/C=C(\C=C)C(C=NC/C=C(\C(=C)C(CC)CCC)C(=O)CC)=C(C)C. The van der Waals surface area contributed by atoms with Crippen LogP contribution >= 0.6 is 0 Å². The van der Waals surface area contributed by atoms with Crippen LogP contribution in [0.5, 0.6) is 0 Å². The summed E-state index contributed by atoms with van der Waals surface area (Å²) < 4.78 is 0. The van der Waals surface area contributed by atoms with Crippen molar-refractivity contribution >= 4 is 12.0 Å². The third-order valence-electron chi connectivity index (χ3n) is 5.97. The second kappa shape index (κ2) is 18.3. The third kappa shape index (κ3) is 11.3. The molecule has 2 nitrogen and oxygen atoms in total. The number of hydrogen-bond acceptors (Lipinski definition) is 2. The van der Waals surface area contributed by atoms with Crippen molar-refractivity contribution in [2.45, 2.75) is 74.1 Å². The molecule has 1 atom stereocenters. The van der Waals surface area contributed by atoms with Crippen LogP contribution in [0.2, 0.25) is 0 Å². The van der Waals surface area contributed by atoms with Crippen molar-refractivity contribution in [3.63, 3.8) is 0 Å². The fraction of sp³-hybridized carbons (Fsp3) is 0.394. The van der Waals surface area contributed by atoms with E-state index in [1.54, 1.807) is 6.08 Å².